The highest BCUT2D eigenvalue weighted by molar-refractivity contribution is 6.01. The van der Waals surface area contributed by atoms with Crippen molar-refractivity contribution in [3.05, 3.63) is 94.7 Å². The van der Waals surface area contributed by atoms with Gasteiger partial charge in [-0.3, -0.25) is 10.0 Å². The lowest BCUT2D eigenvalue weighted by Gasteiger charge is -2.14. The third kappa shape index (κ3) is 5.14. The molecule has 0 amide bonds. The highest BCUT2D eigenvalue weighted by Gasteiger charge is 2.11. The van der Waals surface area contributed by atoms with E-state index in [0.29, 0.717) is 0 Å². The number of hydrogen-bond donors (Lipinski definition) is 0. The fourth-order valence-electron chi connectivity index (χ4n) is 3.66. The number of anilines is 2. The quantitative estimate of drug-likeness (QED) is 0.249. The summed E-state index contributed by atoms with van der Waals surface area (Å²) in [5.41, 5.74) is 8.35. The fraction of sp³-hybridized carbons (Fsp3) is 0.214. The molecule has 0 aliphatic carbocycles. The number of nitrogens with zero attached hydrogens (tertiary/aromatic N) is 4. The lowest BCUT2D eigenvalue weighted by molar-refractivity contribution is 0.603. The Morgan fingerprint density at radius 1 is 0.818 bits per heavy atom. The van der Waals surface area contributed by atoms with Crippen LogP contribution in [-0.2, 0) is 0 Å². The Morgan fingerprint density at radius 2 is 1.58 bits per heavy atom. The average molecular weight is 439 g/mol. The summed E-state index contributed by atoms with van der Waals surface area (Å²) in [6, 6.07) is 22.8. The van der Waals surface area contributed by atoms with Crippen LogP contribution < -0.4 is 10.0 Å². The largest absolute Gasteiger partial charge is 0.455 e. The second kappa shape index (κ2) is 9.33. The normalized spacial score (nSPS) is 12.0. The first-order chi connectivity index (χ1) is 15.8. The van der Waals surface area contributed by atoms with Crippen molar-refractivity contribution in [3.8, 4) is 0 Å². The van der Waals surface area contributed by atoms with Crippen molar-refractivity contribution in [2.45, 2.75) is 27.7 Å². The molecule has 5 heteroatoms. The first-order valence-corrected chi connectivity index (χ1v) is 11.0. The van der Waals surface area contributed by atoms with Crippen LogP contribution in [0.2, 0.25) is 0 Å². The van der Waals surface area contributed by atoms with Gasteiger partial charge in [-0.25, -0.2) is 0 Å². The standard InChI is InChI=1S/C28H30N4O/c1-19-10-12-25(13-11-19)31(5)29-18-24-16-23-17-27(33-28(23)15-21(24)3)22(4)30-32(6)26-9-7-8-20(2)14-26/h7-18H,1-6H3/b29-18-,30-22-. The van der Waals surface area contributed by atoms with Crippen LogP contribution >= 0.6 is 0 Å². The summed E-state index contributed by atoms with van der Waals surface area (Å²) in [4.78, 5) is 0. The fourth-order valence-corrected chi connectivity index (χ4v) is 3.66. The van der Waals surface area contributed by atoms with E-state index in [-0.39, 0.29) is 0 Å². The predicted molar refractivity (Wildman–Crippen MR) is 140 cm³/mol. The Kier molecular flexibility index (Phi) is 6.31. The molecule has 0 saturated carbocycles. The molecule has 0 bridgehead atoms. The predicted octanol–water partition coefficient (Wildman–Crippen LogP) is 6.69. The molecule has 0 unspecified atom stereocenters. The van der Waals surface area contributed by atoms with Gasteiger partial charge in [-0.2, -0.15) is 10.2 Å². The van der Waals surface area contributed by atoms with Crippen LogP contribution in [0.1, 0.15) is 34.9 Å². The molecule has 0 radical (unpaired) electrons. The van der Waals surface area contributed by atoms with Gasteiger partial charge >= 0.3 is 0 Å². The molecule has 0 aliphatic heterocycles. The number of fused-ring (bicyclic) bond motifs is 1. The Hall–Kier alpha value is -3.86. The van der Waals surface area contributed by atoms with Gasteiger partial charge in [0, 0.05) is 19.5 Å². The van der Waals surface area contributed by atoms with Crippen LogP contribution in [0.25, 0.3) is 11.0 Å². The lowest BCUT2D eigenvalue weighted by atomic mass is 10.1. The molecule has 0 atom stereocenters. The van der Waals surface area contributed by atoms with E-state index in [4.69, 9.17) is 9.52 Å². The zero-order valence-electron chi connectivity index (χ0n) is 20.1. The molecule has 1 aromatic heterocycles. The van der Waals surface area contributed by atoms with Gasteiger partial charge in [-0.1, -0.05) is 29.8 Å². The first-order valence-electron chi connectivity index (χ1n) is 11.0. The van der Waals surface area contributed by atoms with E-state index in [0.717, 1.165) is 44.9 Å². The average Bonchev–Trinajstić information content (AvgIpc) is 3.20. The minimum absolute atomic E-state index is 0.759. The molecule has 3 aromatic carbocycles. The molecule has 0 aliphatic rings. The van der Waals surface area contributed by atoms with E-state index >= 15 is 0 Å². The third-order valence-electron chi connectivity index (χ3n) is 5.71. The number of furan rings is 1. The second-order valence-electron chi connectivity index (χ2n) is 8.51. The molecule has 0 fully saturated rings. The number of hydrazone groups is 2. The molecule has 0 N–H and O–H groups in total. The topological polar surface area (TPSA) is 44.3 Å². The maximum Gasteiger partial charge on any atom is 0.151 e. The summed E-state index contributed by atoms with van der Waals surface area (Å²) >= 11 is 0. The monoisotopic (exact) mass is 438 g/mol. The van der Waals surface area contributed by atoms with Gasteiger partial charge < -0.3 is 4.42 Å². The molecule has 1 heterocycles. The second-order valence-corrected chi connectivity index (χ2v) is 8.51. The summed E-state index contributed by atoms with van der Waals surface area (Å²) in [7, 11) is 3.90. The highest BCUT2D eigenvalue weighted by Crippen LogP contribution is 2.24. The van der Waals surface area contributed by atoms with Gasteiger partial charge in [0.25, 0.3) is 0 Å². The SMILES string of the molecule is C/C(=N/N(C)c1cccc(C)c1)c1cc2cc(/C=N\N(C)c3ccc(C)cc3)c(C)cc2o1. The van der Waals surface area contributed by atoms with Gasteiger partial charge in [-0.15, -0.1) is 0 Å². The van der Waals surface area contributed by atoms with Crippen LogP contribution in [0.4, 0.5) is 11.4 Å². The van der Waals surface area contributed by atoms with Crippen LogP contribution in [0.5, 0.6) is 0 Å². The van der Waals surface area contributed by atoms with Crippen molar-refractivity contribution in [1.29, 1.82) is 0 Å². The van der Waals surface area contributed by atoms with E-state index in [1.807, 2.05) is 55.5 Å². The van der Waals surface area contributed by atoms with Gasteiger partial charge in [0.1, 0.15) is 11.3 Å². The first kappa shape index (κ1) is 22.3. The van der Waals surface area contributed by atoms with Crippen molar-refractivity contribution < 1.29 is 4.42 Å². The summed E-state index contributed by atoms with van der Waals surface area (Å²) in [5.74, 6) is 0.759. The van der Waals surface area contributed by atoms with Gasteiger partial charge in [0.15, 0.2) is 5.76 Å². The van der Waals surface area contributed by atoms with Crippen LogP contribution in [0.3, 0.4) is 0 Å². The maximum atomic E-state index is 6.12. The molecule has 0 spiro atoms. The van der Waals surface area contributed by atoms with E-state index in [1.165, 1.54) is 11.1 Å². The Balaban J connectivity index is 1.57. The summed E-state index contributed by atoms with van der Waals surface area (Å²) < 4.78 is 6.12. The number of hydrogen-bond acceptors (Lipinski definition) is 5. The zero-order chi connectivity index (χ0) is 23.5. The lowest BCUT2D eigenvalue weighted by Crippen LogP contribution is -2.12. The van der Waals surface area contributed by atoms with Crippen LogP contribution in [-0.4, -0.2) is 26.0 Å². The van der Waals surface area contributed by atoms with Crippen LogP contribution in [0, 0.1) is 20.8 Å². The molecule has 4 rings (SSSR count). The van der Waals surface area contributed by atoms with Crippen molar-refractivity contribution >= 4 is 34.3 Å². The molecular weight excluding hydrogens is 408 g/mol. The molecule has 4 aromatic rings. The number of aryl methyl sites for hydroxylation is 3. The Labute approximate surface area is 195 Å². The maximum absolute atomic E-state index is 6.12. The van der Waals surface area contributed by atoms with E-state index < -0.39 is 0 Å². The highest BCUT2D eigenvalue weighted by atomic mass is 16.3. The Morgan fingerprint density at radius 3 is 2.30 bits per heavy atom. The molecule has 0 saturated heterocycles. The van der Waals surface area contributed by atoms with Gasteiger partial charge in [0.05, 0.1) is 17.6 Å². The van der Waals surface area contributed by atoms with Crippen molar-refractivity contribution in [2.24, 2.45) is 10.2 Å². The van der Waals surface area contributed by atoms with Gasteiger partial charge in [0.2, 0.25) is 0 Å². The number of rotatable bonds is 6. The molecule has 33 heavy (non-hydrogen) atoms. The van der Waals surface area contributed by atoms with E-state index in [1.54, 1.807) is 0 Å². The van der Waals surface area contributed by atoms with E-state index in [2.05, 4.69) is 74.4 Å². The Bertz CT molecular complexity index is 1330. The molecular formula is C28H30N4O. The minimum atomic E-state index is 0.759. The van der Waals surface area contributed by atoms with E-state index in [9.17, 15) is 0 Å². The summed E-state index contributed by atoms with van der Waals surface area (Å²) in [5, 5.41) is 14.1. The molecule has 5 nitrogen and oxygen atoms in total. The number of benzene rings is 3. The minimum Gasteiger partial charge on any atom is -0.455 e. The van der Waals surface area contributed by atoms with Crippen molar-refractivity contribution in [1.82, 2.24) is 0 Å². The smallest absolute Gasteiger partial charge is 0.151 e. The van der Waals surface area contributed by atoms with Crippen molar-refractivity contribution in [3.63, 3.8) is 0 Å². The van der Waals surface area contributed by atoms with Crippen LogP contribution in [0.15, 0.2) is 81.4 Å². The summed E-state index contributed by atoms with van der Waals surface area (Å²) in [6.07, 6.45) is 1.90. The molecule has 168 valence electrons. The van der Waals surface area contributed by atoms with Crippen molar-refractivity contribution in [2.75, 3.05) is 24.1 Å². The zero-order valence-corrected chi connectivity index (χ0v) is 20.1. The van der Waals surface area contributed by atoms with Gasteiger partial charge in [-0.05, 0) is 86.8 Å². The summed E-state index contributed by atoms with van der Waals surface area (Å²) in [6.45, 7) is 8.20. The third-order valence-corrected chi connectivity index (χ3v) is 5.71.